The standard InChI is InChI=1S/C19H33F3N4O4/c20-19(21,22)9-11-24-16(27)15(12-13-6-2-1-3-7-13)26-18(30)25-14(17(28)29)8-4-5-10-23/h13-15H,1-12,23H2,(H,24,27)(H,28,29)(H2,25,26,30). The molecule has 0 radical (unpaired) electrons. The molecule has 11 heteroatoms. The van der Waals surface area contributed by atoms with Crippen molar-refractivity contribution in [2.45, 2.75) is 82.5 Å². The molecule has 1 aliphatic carbocycles. The second-order valence-electron chi connectivity index (χ2n) is 7.74. The molecule has 0 saturated heterocycles. The molecule has 6 N–H and O–H groups in total. The number of carboxylic acid groups (broad SMARTS) is 1. The molecule has 1 saturated carbocycles. The third kappa shape index (κ3) is 11.2. The van der Waals surface area contributed by atoms with Gasteiger partial charge in [-0.05, 0) is 38.1 Å². The molecule has 2 atom stereocenters. The van der Waals surface area contributed by atoms with Crippen molar-refractivity contribution in [2.24, 2.45) is 11.7 Å². The summed E-state index contributed by atoms with van der Waals surface area (Å²) in [6, 6.07) is -3.00. The van der Waals surface area contributed by atoms with Gasteiger partial charge >= 0.3 is 18.2 Å². The lowest BCUT2D eigenvalue weighted by Crippen LogP contribution is -2.54. The summed E-state index contributed by atoms with van der Waals surface area (Å²) in [5.41, 5.74) is 5.38. The predicted octanol–water partition coefficient (Wildman–Crippen LogP) is 2.28. The van der Waals surface area contributed by atoms with E-state index < -0.39 is 49.1 Å². The van der Waals surface area contributed by atoms with Crippen LogP contribution in [0.5, 0.6) is 0 Å². The van der Waals surface area contributed by atoms with Gasteiger partial charge in [0.1, 0.15) is 12.1 Å². The molecular formula is C19H33F3N4O4. The molecule has 1 rings (SSSR count). The molecular weight excluding hydrogens is 405 g/mol. The summed E-state index contributed by atoms with van der Waals surface area (Å²) in [6.45, 7) is -0.177. The van der Waals surface area contributed by atoms with Crippen LogP contribution in [0.15, 0.2) is 0 Å². The van der Waals surface area contributed by atoms with Gasteiger partial charge in [-0.3, -0.25) is 4.79 Å². The third-order valence-electron chi connectivity index (χ3n) is 5.17. The summed E-state index contributed by atoms with van der Waals surface area (Å²) < 4.78 is 37.0. The van der Waals surface area contributed by atoms with E-state index in [1.165, 1.54) is 0 Å². The summed E-state index contributed by atoms with van der Waals surface area (Å²) in [6.07, 6.45) is 0.911. The highest BCUT2D eigenvalue weighted by atomic mass is 19.4. The maximum atomic E-state index is 12.4. The number of aliphatic carboxylic acids is 1. The van der Waals surface area contributed by atoms with Gasteiger partial charge in [0.05, 0.1) is 6.42 Å². The van der Waals surface area contributed by atoms with Crippen molar-refractivity contribution in [3.05, 3.63) is 0 Å². The Hall–Kier alpha value is -2.04. The number of urea groups is 1. The van der Waals surface area contributed by atoms with E-state index in [-0.39, 0.29) is 12.3 Å². The maximum absolute atomic E-state index is 12.4. The van der Waals surface area contributed by atoms with E-state index in [0.29, 0.717) is 25.8 Å². The van der Waals surface area contributed by atoms with Crippen LogP contribution in [0.25, 0.3) is 0 Å². The second-order valence-corrected chi connectivity index (χ2v) is 7.74. The molecule has 2 unspecified atom stereocenters. The Kier molecular flexibility index (Phi) is 11.5. The van der Waals surface area contributed by atoms with E-state index in [2.05, 4.69) is 16.0 Å². The molecule has 0 bridgehead atoms. The molecule has 0 heterocycles. The highest BCUT2D eigenvalue weighted by Gasteiger charge is 2.30. The molecule has 0 aliphatic heterocycles. The Balaban J connectivity index is 2.68. The van der Waals surface area contributed by atoms with Crippen LogP contribution < -0.4 is 21.7 Å². The van der Waals surface area contributed by atoms with Crippen molar-refractivity contribution in [2.75, 3.05) is 13.1 Å². The third-order valence-corrected chi connectivity index (χ3v) is 5.17. The zero-order chi connectivity index (χ0) is 22.6. The van der Waals surface area contributed by atoms with Crippen LogP contribution in [0.1, 0.15) is 64.2 Å². The van der Waals surface area contributed by atoms with Gasteiger partial charge in [0, 0.05) is 6.54 Å². The van der Waals surface area contributed by atoms with Crippen molar-refractivity contribution in [1.82, 2.24) is 16.0 Å². The Bertz CT molecular complexity index is 554. The number of halogens is 3. The van der Waals surface area contributed by atoms with Crippen LogP contribution in [0.2, 0.25) is 0 Å². The van der Waals surface area contributed by atoms with Crippen LogP contribution in [0.3, 0.4) is 0 Å². The van der Waals surface area contributed by atoms with Crippen molar-refractivity contribution in [3.8, 4) is 0 Å². The number of unbranched alkanes of at least 4 members (excludes halogenated alkanes) is 1. The Morgan fingerprint density at radius 3 is 2.23 bits per heavy atom. The Morgan fingerprint density at radius 2 is 1.67 bits per heavy atom. The number of hydrogen-bond donors (Lipinski definition) is 5. The number of nitrogens with two attached hydrogens (primary N) is 1. The van der Waals surface area contributed by atoms with Crippen LogP contribution in [0, 0.1) is 5.92 Å². The van der Waals surface area contributed by atoms with Gasteiger partial charge < -0.3 is 26.8 Å². The molecule has 0 aromatic rings. The van der Waals surface area contributed by atoms with E-state index in [0.717, 1.165) is 32.1 Å². The summed E-state index contributed by atoms with van der Waals surface area (Å²) in [7, 11) is 0. The number of amides is 3. The number of alkyl halides is 3. The van der Waals surface area contributed by atoms with Crippen molar-refractivity contribution in [1.29, 1.82) is 0 Å². The smallest absolute Gasteiger partial charge is 0.390 e. The fourth-order valence-electron chi connectivity index (χ4n) is 3.55. The molecule has 8 nitrogen and oxygen atoms in total. The normalized spacial score (nSPS) is 17.1. The highest BCUT2D eigenvalue weighted by Crippen LogP contribution is 2.27. The summed E-state index contributed by atoms with van der Waals surface area (Å²) in [5.74, 6) is -1.73. The zero-order valence-corrected chi connectivity index (χ0v) is 17.1. The number of carboxylic acids is 1. The minimum atomic E-state index is -4.39. The first-order chi connectivity index (χ1) is 14.1. The number of carbonyl (C=O) groups excluding carboxylic acids is 2. The van der Waals surface area contributed by atoms with E-state index in [9.17, 15) is 32.7 Å². The molecule has 1 fully saturated rings. The van der Waals surface area contributed by atoms with Crippen LogP contribution in [0.4, 0.5) is 18.0 Å². The van der Waals surface area contributed by atoms with E-state index >= 15 is 0 Å². The second kappa shape index (κ2) is 13.3. The SMILES string of the molecule is NCCCCC(NC(=O)NC(CC1CCCCC1)C(=O)NCCC(F)(F)F)C(=O)O. The predicted molar refractivity (Wildman–Crippen MR) is 105 cm³/mol. The van der Waals surface area contributed by atoms with Gasteiger partial charge in [-0.25, -0.2) is 9.59 Å². The van der Waals surface area contributed by atoms with E-state index in [1.807, 2.05) is 0 Å². The number of carbonyl (C=O) groups is 3. The van der Waals surface area contributed by atoms with Crippen molar-refractivity contribution in [3.63, 3.8) is 0 Å². The van der Waals surface area contributed by atoms with Crippen LogP contribution in [-0.4, -0.2) is 54.4 Å². The first-order valence-electron chi connectivity index (χ1n) is 10.5. The van der Waals surface area contributed by atoms with Crippen LogP contribution in [-0.2, 0) is 9.59 Å². The minimum Gasteiger partial charge on any atom is -0.480 e. The average Bonchev–Trinajstić information content (AvgIpc) is 2.66. The fourth-order valence-corrected chi connectivity index (χ4v) is 3.55. The molecule has 3 amide bonds. The zero-order valence-electron chi connectivity index (χ0n) is 17.1. The van der Waals surface area contributed by atoms with Gasteiger partial charge in [0.2, 0.25) is 5.91 Å². The molecule has 0 spiro atoms. The molecule has 30 heavy (non-hydrogen) atoms. The number of hydrogen-bond acceptors (Lipinski definition) is 4. The van der Waals surface area contributed by atoms with Gasteiger partial charge in [-0.2, -0.15) is 13.2 Å². The first-order valence-corrected chi connectivity index (χ1v) is 10.5. The lowest BCUT2D eigenvalue weighted by atomic mass is 9.84. The Labute approximate surface area is 174 Å². The average molecular weight is 438 g/mol. The fraction of sp³-hybridized carbons (Fsp3) is 0.842. The molecule has 174 valence electrons. The number of rotatable bonds is 12. The lowest BCUT2D eigenvalue weighted by Gasteiger charge is -2.27. The maximum Gasteiger partial charge on any atom is 0.390 e. The van der Waals surface area contributed by atoms with Gasteiger partial charge in [0.15, 0.2) is 0 Å². The van der Waals surface area contributed by atoms with Gasteiger partial charge in [0.25, 0.3) is 0 Å². The summed E-state index contributed by atoms with van der Waals surface area (Å²) in [4.78, 5) is 36.1. The highest BCUT2D eigenvalue weighted by molar-refractivity contribution is 5.88. The summed E-state index contributed by atoms with van der Waals surface area (Å²) >= 11 is 0. The van der Waals surface area contributed by atoms with Gasteiger partial charge in [-0.1, -0.05) is 32.1 Å². The van der Waals surface area contributed by atoms with E-state index in [4.69, 9.17) is 5.73 Å². The molecule has 1 aliphatic rings. The van der Waals surface area contributed by atoms with E-state index in [1.54, 1.807) is 0 Å². The monoisotopic (exact) mass is 438 g/mol. The number of nitrogens with one attached hydrogen (secondary N) is 3. The summed E-state index contributed by atoms with van der Waals surface area (Å²) in [5, 5.41) is 16.3. The molecule has 0 aromatic carbocycles. The molecule has 0 aromatic heterocycles. The largest absolute Gasteiger partial charge is 0.480 e. The minimum absolute atomic E-state index is 0.178. The topological polar surface area (TPSA) is 134 Å². The Morgan fingerprint density at radius 1 is 1.03 bits per heavy atom. The van der Waals surface area contributed by atoms with Gasteiger partial charge in [-0.15, -0.1) is 0 Å². The van der Waals surface area contributed by atoms with Crippen LogP contribution >= 0.6 is 0 Å². The quantitative estimate of drug-likeness (QED) is 0.298. The van der Waals surface area contributed by atoms with Crippen molar-refractivity contribution < 1.29 is 32.7 Å². The van der Waals surface area contributed by atoms with Crippen molar-refractivity contribution >= 4 is 17.9 Å². The lowest BCUT2D eigenvalue weighted by molar-refractivity contribution is -0.139. The first kappa shape index (κ1) is 26.0.